The van der Waals surface area contributed by atoms with Gasteiger partial charge in [-0.25, -0.2) is 0 Å². The van der Waals surface area contributed by atoms with Crippen LogP contribution >= 0.6 is 11.3 Å². The molecule has 3 nitrogen and oxygen atoms in total. The van der Waals surface area contributed by atoms with Crippen LogP contribution < -0.4 is 4.90 Å². The zero-order chi connectivity index (χ0) is 17.4. The van der Waals surface area contributed by atoms with Crippen molar-refractivity contribution < 1.29 is 31.4 Å². The number of alkyl halides is 6. The Hall–Kier alpha value is -1.47. The van der Waals surface area contributed by atoms with Crippen LogP contribution in [0.2, 0.25) is 0 Å². The Labute approximate surface area is 131 Å². The van der Waals surface area contributed by atoms with Crippen molar-refractivity contribution in [3.8, 4) is 6.07 Å². The van der Waals surface area contributed by atoms with E-state index in [1.54, 1.807) is 0 Å². The van der Waals surface area contributed by atoms with E-state index in [0.29, 0.717) is 30.2 Å². The molecule has 1 aromatic rings. The first kappa shape index (κ1) is 17.9. The Bertz CT molecular complexity index is 603. The molecule has 1 aliphatic heterocycles. The number of nitriles is 1. The third-order valence-corrected chi connectivity index (χ3v) is 4.73. The second-order valence-corrected chi connectivity index (χ2v) is 6.21. The molecule has 23 heavy (non-hydrogen) atoms. The number of rotatable bonds is 2. The van der Waals surface area contributed by atoms with Crippen molar-refractivity contribution in [3.63, 3.8) is 0 Å². The van der Waals surface area contributed by atoms with Gasteiger partial charge in [0.15, 0.2) is 6.10 Å². The maximum absolute atomic E-state index is 12.9. The predicted octanol–water partition coefficient (Wildman–Crippen LogP) is 3.92. The van der Waals surface area contributed by atoms with Gasteiger partial charge in [0.25, 0.3) is 0 Å². The van der Waals surface area contributed by atoms with Gasteiger partial charge in [-0.05, 0) is 25.3 Å². The molecule has 10 heteroatoms. The van der Waals surface area contributed by atoms with Crippen LogP contribution in [0.4, 0.5) is 31.3 Å². The van der Waals surface area contributed by atoms with Crippen LogP contribution in [-0.2, 0) is 6.18 Å². The van der Waals surface area contributed by atoms with Crippen LogP contribution in [-0.4, -0.2) is 30.0 Å². The Balaban J connectivity index is 2.39. The van der Waals surface area contributed by atoms with Gasteiger partial charge in [0.05, 0.1) is 16.6 Å². The molecule has 1 saturated heterocycles. The van der Waals surface area contributed by atoms with Crippen molar-refractivity contribution in [2.24, 2.45) is 0 Å². The molecular formula is C13H12F6N2OS. The molecule has 128 valence electrons. The molecule has 1 aromatic heterocycles. The van der Waals surface area contributed by atoms with E-state index < -0.39 is 34.9 Å². The summed E-state index contributed by atoms with van der Waals surface area (Å²) in [4.78, 5) is 0.529. The molecule has 0 saturated carbocycles. The lowest BCUT2D eigenvalue weighted by Crippen LogP contribution is -2.52. The second kappa shape index (κ2) is 6.20. The van der Waals surface area contributed by atoms with Crippen molar-refractivity contribution in [1.82, 2.24) is 0 Å². The van der Waals surface area contributed by atoms with Gasteiger partial charge in [0.1, 0.15) is 10.9 Å². The molecule has 2 atom stereocenters. The summed E-state index contributed by atoms with van der Waals surface area (Å²) in [5, 5.41) is 18.2. The monoisotopic (exact) mass is 358 g/mol. The number of aliphatic hydroxyl groups excluding tert-OH is 1. The van der Waals surface area contributed by atoms with Gasteiger partial charge in [-0.3, -0.25) is 0 Å². The van der Waals surface area contributed by atoms with Crippen LogP contribution in [0, 0.1) is 11.3 Å². The highest BCUT2D eigenvalue weighted by atomic mass is 32.1. The predicted molar refractivity (Wildman–Crippen MR) is 71.1 cm³/mol. The fourth-order valence-corrected chi connectivity index (χ4v) is 3.65. The first-order valence-corrected chi connectivity index (χ1v) is 7.50. The van der Waals surface area contributed by atoms with Crippen molar-refractivity contribution in [1.29, 1.82) is 5.26 Å². The molecule has 0 aromatic carbocycles. The lowest BCUT2D eigenvalue weighted by molar-refractivity contribution is -0.211. The molecule has 0 bridgehead atoms. The highest BCUT2D eigenvalue weighted by Crippen LogP contribution is 2.42. The average molecular weight is 358 g/mol. The van der Waals surface area contributed by atoms with Crippen molar-refractivity contribution in [2.45, 2.75) is 43.8 Å². The minimum atomic E-state index is -4.86. The van der Waals surface area contributed by atoms with E-state index >= 15 is 0 Å². The molecule has 1 fully saturated rings. The van der Waals surface area contributed by atoms with Crippen molar-refractivity contribution >= 4 is 16.3 Å². The molecule has 0 amide bonds. The van der Waals surface area contributed by atoms with Crippen LogP contribution in [0.25, 0.3) is 0 Å². The summed E-state index contributed by atoms with van der Waals surface area (Å²) in [6.07, 6.45) is -11.3. The molecule has 2 unspecified atom stereocenters. The van der Waals surface area contributed by atoms with Gasteiger partial charge in [-0.2, -0.15) is 31.6 Å². The van der Waals surface area contributed by atoms with E-state index in [1.165, 1.54) is 6.07 Å². The van der Waals surface area contributed by atoms with E-state index in [4.69, 9.17) is 5.26 Å². The summed E-state index contributed by atoms with van der Waals surface area (Å²) in [6.45, 7) is 0.0977. The van der Waals surface area contributed by atoms with E-state index in [1.807, 2.05) is 0 Å². The van der Waals surface area contributed by atoms with Gasteiger partial charge in [-0.15, -0.1) is 11.3 Å². The number of halogens is 6. The van der Waals surface area contributed by atoms with Gasteiger partial charge >= 0.3 is 12.4 Å². The lowest BCUT2D eigenvalue weighted by Gasteiger charge is -2.39. The minimum Gasteiger partial charge on any atom is -0.382 e. The number of hydrogen-bond donors (Lipinski definition) is 1. The van der Waals surface area contributed by atoms with E-state index in [-0.39, 0.29) is 18.0 Å². The van der Waals surface area contributed by atoms with Gasteiger partial charge < -0.3 is 10.0 Å². The molecule has 0 radical (unpaired) electrons. The van der Waals surface area contributed by atoms with E-state index in [9.17, 15) is 31.4 Å². The van der Waals surface area contributed by atoms with Crippen LogP contribution in [0.1, 0.15) is 29.7 Å². The van der Waals surface area contributed by atoms with Crippen molar-refractivity contribution in [3.05, 3.63) is 16.5 Å². The minimum absolute atomic E-state index is 0.0157. The molecule has 0 spiro atoms. The zero-order valence-electron chi connectivity index (χ0n) is 11.6. The Morgan fingerprint density at radius 1 is 1.26 bits per heavy atom. The molecule has 1 N–H and O–H groups in total. The first-order chi connectivity index (χ1) is 10.6. The zero-order valence-corrected chi connectivity index (χ0v) is 12.4. The topological polar surface area (TPSA) is 47.3 Å². The summed E-state index contributed by atoms with van der Waals surface area (Å²) >= 11 is 0.491. The highest BCUT2D eigenvalue weighted by Gasteiger charge is 2.47. The maximum Gasteiger partial charge on any atom is 0.418 e. The quantitative estimate of drug-likeness (QED) is 0.815. The number of piperidine rings is 1. The first-order valence-electron chi connectivity index (χ1n) is 6.68. The smallest absolute Gasteiger partial charge is 0.382 e. The van der Waals surface area contributed by atoms with Gasteiger partial charge in [0, 0.05) is 6.54 Å². The van der Waals surface area contributed by atoms with E-state index in [0.717, 1.165) is 4.90 Å². The third-order valence-electron chi connectivity index (χ3n) is 3.66. The fourth-order valence-electron chi connectivity index (χ4n) is 2.59. The molecule has 0 aliphatic carbocycles. The number of anilines is 1. The number of hydrogen-bond acceptors (Lipinski definition) is 4. The van der Waals surface area contributed by atoms with E-state index in [2.05, 4.69) is 0 Å². The summed E-state index contributed by atoms with van der Waals surface area (Å²) in [5.41, 5.74) is -1.16. The number of nitrogens with zero attached hydrogens (tertiary/aromatic N) is 2. The molecular weight excluding hydrogens is 346 g/mol. The fraction of sp³-hybridized carbons (Fsp3) is 0.615. The molecule has 2 rings (SSSR count). The Kier molecular flexibility index (Phi) is 4.82. The Morgan fingerprint density at radius 2 is 1.91 bits per heavy atom. The number of aliphatic hydroxyl groups is 1. The second-order valence-electron chi connectivity index (χ2n) is 5.18. The normalized spacial score (nSPS) is 21.1. The molecule has 2 heterocycles. The summed E-state index contributed by atoms with van der Waals surface area (Å²) in [6, 6.07) is 0.756. The SMILES string of the molecule is N#Cc1sc(N2CCCCC2C(O)C(F)(F)F)cc1C(F)(F)F. The Morgan fingerprint density at radius 3 is 2.39 bits per heavy atom. The largest absolute Gasteiger partial charge is 0.418 e. The summed E-state index contributed by atoms with van der Waals surface area (Å²) in [7, 11) is 0. The third kappa shape index (κ3) is 3.72. The highest BCUT2D eigenvalue weighted by molar-refractivity contribution is 7.16. The summed E-state index contributed by atoms with van der Waals surface area (Å²) < 4.78 is 76.9. The summed E-state index contributed by atoms with van der Waals surface area (Å²) in [5.74, 6) is 0. The lowest BCUT2D eigenvalue weighted by atomic mass is 9.97. The standard InChI is InChI=1S/C13H12F6N2OS/c14-12(15,16)7-5-10(23-9(7)6-20)21-4-2-1-3-8(21)11(22)13(17,18)19/h5,8,11,22H,1-4H2. The number of thiophene rings is 1. The van der Waals surface area contributed by atoms with Crippen molar-refractivity contribution in [2.75, 3.05) is 11.4 Å². The molecule has 1 aliphatic rings. The maximum atomic E-state index is 12.9. The average Bonchev–Trinajstić information content (AvgIpc) is 2.89. The van der Waals surface area contributed by atoms with Crippen LogP contribution in [0.5, 0.6) is 0 Å². The van der Waals surface area contributed by atoms with Crippen LogP contribution in [0.15, 0.2) is 6.07 Å². The van der Waals surface area contributed by atoms with Crippen LogP contribution in [0.3, 0.4) is 0 Å². The van der Waals surface area contributed by atoms with Gasteiger partial charge in [-0.1, -0.05) is 0 Å². The van der Waals surface area contributed by atoms with Gasteiger partial charge in [0.2, 0.25) is 0 Å².